The molecule has 7 heteroatoms. The zero-order valence-corrected chi connectivity index (χ0v) is 13.7. The lowest BCUT2D eigenvalue weighted by Crippen LogP contribution is -2.48. The van der Waals surface area contributed by atoms with Gasteiger partial charge in [-0.25, -0.2) is 4.39 Å². The minimum Gasteiger partial charge on any atom is -0.340 e. The van der Waals surface area contributed by atoms with Gasteiger partial charge in [-0.05, 0) is 18.7 Å². The van der Waals surface area contributed by atoms with Crippen molar-refractivity contribution >= 4 is 5.91 Å². The summed E-state index contributed by atoms with van der Waals surface area (Å²) < 4.78 is 18.4. The Balaban J connectivity index is 1.53. The molecule has 0 bridgehead atoms. The number of halogens is 1. The maximum absolute atomic E-state index is 13.2. The largest absolute Gasteiger partial charge is 0.340 e. The number of amides is 1. The number of carbonyl (C=O) groups excluding carboxylic acids is 1. The molecule has 0 aliphatic carbocycles. The molecule has 0 unspecified atom stereocenters. The quantitative estimate of drug-likeness (QED) is 0.838. The Morgan fingerprint density at radius 1 is 1.29 bits per heavy atom. The van der Waals surface area contributed by atoms with Crippen LogP contribution in [-0.2, 0) is 11.2 Å². The highest BCUT2D eigenvalue weighted by Crippen LogP contribution is 2.17. The van der Waals surface area contributed by atoms with Crippen molar-refractivity contribution in [3.63, 3.8) is 0 Å². The Bertz CT molecular complexity index is 695. The fourth-order valence-corrected chi connectivity index (χ4v) is 2.79. The van der Waals surface area contributed by atoms with Crippen LogP contribution in [0.3, 0.4) is 0 Å². The van der Waals surface area contributed by atoms with Gasteiger partial charge in [0.05, 0.1) is 0 Å². The summed E-state index contributed by atoms with van der Waals surface area (Å²) >= 11 is 0. The van der Waals surface area contributed by atoms with Crippen molar-refractivity contribution in [2.75, 3.05) is 32.7 Å². The van der Waals surface area contributed by atoms with Gasteiger partial charge in [-0.3, -0.25) is 4.79 Å². The fourth-order valence-electron chi connectivity index (χ4n) is 2.79. The molecule has 128 valence electrons. The molecule has 2 aromatic rings. The van der Waals surface area contributed by atoms with Gasteiger partial charge in [0.15, 0.2) is 0 Å². The van der Waals surface area contributed by atoms with E-state index in [1.54, 1.807) is 12.1 Å². The average molecular weight is 332 g/mol. The molecular formula is C17H21FN4O2. The molecule has 2 heterocycles. The van der Waals surface area contributed by atoms with E-state index in [1.807, 2.05) is 4.90 Å². The molecule has 1 fully saturated rings. The number of rotatable bonds is 5. The molecule has 0 N–H and O–H groups in total. The molecule has 1 aromatic heterocycles. The maximum Gasteiger partial charge on any atom is 0.227 e. The number of hydrogen-bond acceptors (Lipinski definition) is 5. The summed E-state index contributed by atoms with van der Waals surface area (Å²) in [5.41, 5.74) is 0.562. The van der Waals surface area contributed by atoms with E-state index < -0.39 is 0 Å². The summed E-state index contributed by atoms with van der Waals surface area (Å²) in [7, 11) is 0. The number of nitrogens with zero attached hydrogens (tertiary/aromatic N) is 4. The second-order valence-corrected chi connectivity index (χ2v) is 5.84. The van der Waals surface area contributed by atoms with Crippen LogP contribution < -0.4 is 0 Å². The Morgan fingerprint density at radius 3 is 2.79 bits per heavy atom. The fraction of sp³-hybridized carbons (Fsp3) is 0.471. The summed E-state index contributed by atoms with van der Waals surface area (Å²) in [5, 5.41) is 3.85. The van der Waals surface area contributed by atoms with Crippen LogP contribution in [0.2, 0.25) is 0 Å². The van der Waals surface area contributed by atoms with Crippen molar-refractivity contribution < 1.29 is 13.7 Å². The first-order valence-electron chi connectivity index (χ1n) is 8.24. The Labute approximate surface area is 140 Å². The monoisotopic (exact) mass is 332 g/mol. The van der Waals surface area contributed by atoms with E-state index in [1.165, 1.54) is 12.1 Å². The van der Waals surface area contributed by atoms with Crippen LogP contribution in [0.1, 0.15) is 19.2 Å². The topological polar surface area (TPSA) is 62.5 Å². The van der Waals surface area contributed by atoms with Crippen LogP contribution in [0, 0.1) is 5.82 Å². The summed E-state index contributed by atoms with van der Waals surface area (Å²) in [6, 6.07) is 6.03. The molecule has 1 saturated heterocycles. The summed E-state index contributed by atoms with van der Waals surface area (Å²) in [6.07, 6.45) is 0.742. The van der Waals surface area contributed by atoms with E-state index >= 15 is 0 Å². The molecule has 1 aliphatic heterocycles. The molecule has 0 spiro atoms. The van der Waals surface area contributed by atoms with Gasteiger partial charge in [-0.1, -0.05) is 24.2 Å². The predicted octanol–water partition coefficient (Wildman–Crippen LogP) is 1.97. The molecule has 1 aromatic carbocycles. The van der Waals surface area contributed by atoms with Crippen LogP contribution in [0.4, 0.5) is 4.39 Å². The molecule has 0 radical (unpaired) electrons. The number of hydrogen-bond donors (Lipinski definition) is 0. The summed E-state index contributed by atoms with van der Waals surface area (Å²) in [6.45, 7) is 6.53. The Hall–Kier alpha value is -2.28. The second kappa shape index (κ2) is 7.53. The van der Waals surface area contributed by atoms with Crippen LogP contribution in [0.15, 0.2) is 28.8 Å². The maximum atomic E-state index is 13.2. The zero-order valence-electron chi connectivity index (χ0n) is 13.7. The normalized spacial score (nSPS) is 15.7. The third-order valence-electron chi connectivity index (χ3n) is 4.28. The van der Waals surface area contributed by atoms with E-state index in [4.69, 9.17) is 4.52 Å². The number of aromatic nitrogens is 2. The lowest BCUT2D eigenvalue weighted by atomic mass is 10.2. The van der Waals surface area contributed by atoms with Gasteiger partial charge < -0.3 is 14.3 Å². The second-order valence-electron chi connectivity index (χ2n) is 5.84. The smallest absolute Gasteiger partial charge is 0.227 e. The predicted molar refractivity (Wildman–Crippen MR) is 86.7 cm³/mol. The van der Waals surface area contributed by atoms with Crippen LogP contribution in [0.25, 0.3) is 11.4 Å². The Kier molecular flexibility index (Phi) is 5.20. The van der Waals surface area contributed by atoms with E-state index in [2.05, 4.69) is 22.0 Å². The molecule has 3 rings (SSSR count). The SMILES string of the molecule is CCN1CCN(C(=O)CCc2nc(-c3cccc(F)c3)no2)CC1. The van der Waals surface area contributed by atoms with E-state index in [0.29, 0.717) is 30.1 Å². The van der Waals surface area contributed by atoms with Gasteiger partial charge >= 0.3 is 0 Å². The van der Waals surface area contributed by atoms with Gasteiger partial charge in [0.1, 0.15) is 5.82 Å². The van der Waals surface area contributed by atoms with Gasteiger partial charge in [-0.15, -0.1) is 0 Å². The molecule has 1 amide bonds. The Morgan fingerprint density at radius 2 is 2.08 bits per heavy atom. The van der Waals surface area contributed by atoms with Crippen molar-refractivity contribution in [3.8, 4) is 11.4 Å². The van der Waals surface area contributed by atoms with Gasteiger partial charge in [0.25, 0.3) is 0 Å². The van der Waals surface area contributed by atoms with E-state index in [9.17, 15) is 9.18 Å². The average Bonchev–Trinajstić information content (AvgIpc) is 3.09. The van der Waals surface area contributed by atoms with Gasteiger partial charge in [0, 0.05) is 44.6 Å². The van der Waals surface area contributed by atoms with Crippen molar-refractivity contribution in [3.05, 3.63) is 36.0 Å². The van der Waals surface area contributed by atoms with Crippen LogP contribution in [-0.4, -0.2) is 58.6 Å². The first-order valence-corrected chi connectivity index (χ1v) is 8.24. The van der Waals surface area contributed by atoms with Gasteiger partial charge in [0.2, 0.25) is 17.6 Å². The molecule has 24 heavy (non-hydrogen) atoms. The standard InChI is InChI=1S/C17H21FN4O2/c1-2-21-8-10-22(11-9-21)16(23)7-6-15-19-17(20-24-15)13-4-3-5-14(18)12-13/h3-5,12H,2,6-11H2,1H3. The minimum absolute atomic E-state index is 0.108. The minimum atomic E-state index is -0.347. The number of carbonyl (C=O) groups is 1. The lowest BCUT2D eigenvalue weighted by molar-refractivity contribution is -0.132. The number of benzene rings is 1. The zero-order chi connectivity index (χ0) is 16.9. The first-order chi connectivity index (χ1) is 11.7. The van der Waals surface area contributed by atoms with E-state index in [0.717, 1.165) is 32.7 Å². The number of likely N-dealkylation sites (N-methyl/N-ethyl adjacent to an activating group) is 1. The lowest BCUT2D eigenvalue weighted by Gasteiger charge is -2.34. The number of aryl methyl sites for hydroxylation is 1. The van der Waals surface area contributed by atoms with Crippen LogP contribution in [0.5, 0.6) is 0 Å². The third kappa shape index (κ3) is 3.97. The highest BCUT2D eigenvalue weighted by molar-refractivity contribution is 5.76. The number of piperazine rings is 1. The molecule has 6 nitrogen and oxygen atoms in total. The molecular weight excluding hydrogens is 311 g/mol. The van der Waals surface area contributed by atoms with Crippen molar-refractivity contribution in [2.24, 2.45) is 0 Å². The highest BCUT2D eigenvalue weighted by Gasteiger charge is 2.20. The van der Waals surface area contributed by atoms with Crippen molar-refractivity contribution in [1.29, 1.82) is 0 Å². The van der Waals surface area contributed by atoms with Crippen molar-refractivity contribution in [1.82, 2.24) is 19.9 Å². The molecule has 1 aliphatic rings. The highest BCUT2D eigenvalue weighted by atomic mass is 19.1. The third-order valence-corrected chi connectivity index (χ3v) is 4.28. The molecule has 0 saturated carbocycles. The van der Waals surface area contributed by atoms with E-state index in [-0.39, 0.29) is 11.7 Å². The molecule has 0 atom stereocenters. The van der Waals surface area contributed by atoms with Crippen molar-refractivity contribution in [2.45, 2.75) is 19.8 Å². The summed E-state index contributed by atoms with van der Waals surface area (Å²) in [4.78, 5) is 20.7. The van der Waals surface area contributed by atoms with Crippen LogP contribution >= 0.6 is 0 Å². The first kappa shape index (κ1) is 16.6. The van der Waals surface area contributed by atoms with Gasteiger partial charge in [-0.2, -0.15) is 4.98 Å². The summed E-state index contributed by atoms with van der Waals surface area (Å²) in [5.74, 6) is 0.500.